The molecule has 3 atom stereocenters. The second-order valence-electron chi connectivity index (χ2n) is 5.86. The summed E-state index contributed by atoms with van der Waals surface area (Å²) in [6, 6.07) is 4.65. The lowest BCUT2D eigenvalue weighted by Crippen LogP contribution is -2.49. The monoisotopic (exact) mass is 345 g/mol. The van der Waals surface area contributed by atoms with Crippen LogP contribution < -0.4 is 4.72 Å². The summed E-state index contributed by atoms with van der Waals surface area (Å²) in [6.07, 6.45) is 2.29. The van der Waals surface area contributed by atoms with Gasteiger partial charge in [-0.25, -0.2) is 13.1 Å². The van der Waals surface area contributed by atoms with Crippen molar-refractivity contribution >= 4 is 21.6 Å². The Morgan fingerprint density at radius 1 is 1.18 bits per heavy atom. The van der Waals surface area contributed by atoms with Gasteiger partial charge in [0.1, 0.15) is 0 Å². The molecule has 2 aliphatic rings. The summed E-state index contributed by atoms with van der Waals surface area (Å²) in [4.78, 5) is 0.200. The molecule has 0 radical (unpaired) electrons. The van der Waals surface area contributed by atoms with Crippen LogP contribution in [0.3, 0.4) is 0 Å². The van der Waals surface area contributed by atoms with Crippen LogP contribution in [0.1, 0.15) is 24.8 Å². The van der Waals surface area contributed by atoms with Gasteiger partial charge in [-0.15, -0.1) is 0 Å². The average Bonchev–Trinajstić information content (AvgIpc) is 2.49. The molecule has 1 heterocycles. The number of rotatable bonds is 3. The van der Waals surface area contributed by atoms with Gasteiger partial charge in [0.15, 0.2) is 0 Å². The van der Waals surface area contributed by atoms with Crippen molar-refractivity contribution in [3.05, 3.63) is 28.8 Å². The van der Waals surface area contributed by atoms with Crippen molar-refractivity contribution in [3.63, 3.8) is 0 Å². The molecule has 0 bridgehead atoms. The van der Waals surface area contributed by atoms with Gasteiger partial charge in [0.05, 0.1) is 30.3 Å². The summed E-state index contributed by atoms with van der Waals surface area (Å²) < 4.78 is 39.1. The highest BCUT2D eigenvalue weighted by Crippen LogP contribution is 2.28. The molecule has 1 aromatic carbocycles. The van der Waals surface area contributed by atoms with Gasteiger partial charge >= 0.3 is 0 Å². The zero-order valence-electron chi connectivity index (χ0n) is 12.4. The molecule has 1 aromatic rings. The number of ether oxygens (including phenoxy) is 2. The van der Waals surface area contributed by atoms with E-state index in [9.17, 15) is 8.42 Å². The Morgan fingerprint density at radius 2 is 1.91 bits per heavy atom. The van der Waals surface area contributed by atoms with E-state index in [2.05, 4.69) is 4.72 Å². The summed E-state index contributed by atoms with van der Waals surface area (Å²) in [7, 11) is -3.57. The lowest BCUT2D eigenvalue weighted by Gasteiger charge is -2.38. The molecule has 7 heteroatoms. The second-order valence-corrected chi connectivity index (χ2v) is 7.98. The molecule has 5 nitrogen and oxygen atoms in total. The van der Waals surface area contributed by atoms with Crippen molar-refractivity contribution < 1.29 is 17.9 Å². The predicted octanol–water partition coefficient (Wildman–Crippen LogP) is 2.26. The molecule has 3 rings (SSSR count). The predicted molar refractivity (Wildman–Crippen MR) is 83.6 cm³/mol. The van der Waals surface area contributed by atoms with E-state index in [1.54, 1.807) is 12.1 Å². The van der Waals surface area contributed by atoms with Gasteiger partial charge in [0.25, 0.3) is 0 Å². The number of fused-ring (bicyclic) bond motifs is 1. The molecule has 0 unspecified atom stereocenters. The first kappa shape index (κ1) is 16.2. The summed E-state index contributed by atoms with van der Waals surface area (Å²) >= 11 is 6.03. The third kappa shape index (κ3) is 3.46. The van der Waals surface area contributed by atoms with Crippen LogP contribution in [0.4, 0.5) is 0 Å². The van der Waals surface area contributed by atoms with Crippen LogP contribution in [0, 0.1) is 6.92 Å². The highest BCUT2D eigenvalue weighted by molar-refractivity contribution is 7.89. The number of aryl methyl sites for hydroxylation is 1. The molecule has 1 aliphatic carbocycles. The van der Waals surface area contributed by atoms with E-state index in [0.29, 0.717) is 24.7 Å². The zero-order valence-corrected chi connectivity index (χ0v) is 14.0. The van der Waals surface area contributed by atoms with Crippen LogP contribution in [0.15, 0.2) is 23.1 Å². The van der Waals surface area contributed by atoms with Gasteiger partial charge < -0.3 is 9.47 Å². The molecule has 1 aliphatic heterocycles. The molecule has 2 fully saturated rings. The molecule has 122 valence electrons. The molecule has 1 saturated heterocycles. The van der Waals surface area contributed by atoms with Crippen LogP contribution in [-0.2, 0) is 19.5 Å². The Bertz CT molecular complexity index is 649. The number of nitrogens with one attached hydrogen (secondary N) is 1. The van der Waals surface area contributed by atoms with Gasteiger partial charge in [0.2, 0.25) is 10.0 Å². The minimum absolute atomic E-state index is 0.0168. The maximum Gasteiger partial charge on any atom is 0.240 e. The molecule has 1 saturated carbocycles. The van der Waals surface area contributed by atoms with Crippen LogP contribution in [0.2, 0.25) is 5.02 Å². The molecule has 0 aromatic heterocycles. The Hall–Kier alpha value is -0.660. The van der Waals surface area contributed by atoms with Gasteiger partial charge in [-0.3, -0.25) is 0 Å². The number of sulfonamides is 1. The summed E-state index contributed by atoms with van der Waals surface area (Å²) in [5, 5.41) is 0.454. The fraction of sp³-hybridized carbons (Fsp3) is 0.600. The molecule has 0 spiro atoms. The lowest BCUT2D eigenvalue weighted by atomic mass is 9.90. The first-order chi connectivity index (χ1) is 10.5. The Balaban J connectivity index is 1.70. The van der Waals surface area contributed by atoms with E-state index in [0.717, 1.165) is 18.4 Å². The lowest BCUT2D eigenvalue weighted by molar-refractivity contribution is -0.156. The van der Waals surface area contributed by atoms with Crippen molar-refractivity contribution in [1.82, 2.24) is 4.72 Å². The maximum absolute atomic E-state index is 12.5. The first-order valence-electron chi connectivity index (χ1n) is 7.47. The Morgan fingerprint density at radius 3 is 2.64 bits per heavy atom. The van der Waals surface area contributed by atoms with Crippen LogP contribution in [-0.4, -0.2) is 39.9 Å². The summed E-state index contributed by atoms with van der Waals surface area (Å²) in [5.41, 5.74) is 0.855. The van der Waals surface area contributed by atoms with E-state index in [-0.39, 0.29) is 23.1 Å². The van der Waals surface area contributed by atoms with E-state index < -0.39 is 10.0 Å². The molecular formula is C15H20ClNO4S. The van der Waals surface area contributed by atoms with Gasteiger partial charge in [-0.05, 0) is 43.9 Å². The van der Waals surface area contributed by atoms with Crippen LogP contribution >= 0.6 is 11.6 Å². The third-order valence-corrected chi connectivity index (χ3v) is 6.18. The quantitative estimate of drug-likeness (QED) is 0.912. The topological polar surface area (TPSA) is 64.6 Å². The van der Waals surface area contributed by atoms with E-state index >= 15 is 0 Å². The fourth-order valence-electron chi connectivity index (χ4n) is 3.00. The molecule has 1 N–H and O–H groups in total. The van der Waals surface area contributed by atoms with Gasteiger partial charge in [0, 0.05) is 11.1 Å². The zero-order chi connectivity index (χ0) is 15.7. The third-order valence-electron chi connectivity index (χ3n) is 4.25. The maximum atomic E-state index is 12.5. The minimum Gasteiger partial charge on any atom is -0.373 e. The van der Waals surface area contributed by atoms with Crippen molar-refractivity contribution in [1.29, 1.82) is 0 Å². The largest absolute Gasteiger partial charge is 0.373 e. The normalized spacial score (nSPS) is 29.1. The fourth-order valence-corrected chi connectivity index (χ4v) is 4.56. The SMILES string of the molecule is Cc1ccc(S(=O)(=O)N[C@@H]2CC[C@H]3OCCO[C@H]3C2)cc1Cl. The van der Waals surface area contributed by atoms with Crippen LogP contribution in [0.5, 0.6) is 0 Å². The number of hydrogen-bond acceptors (Lipinski definition) is 4. The number of hydrogen-bond donors (Lipinski definition) is 1. The molecule has 0 amide bonds. The Kier molecular flexibility index (Phi) is 4.75. The van der Waals surface area contributed by atoms with E-state index in [1.807, 2.05) is 6.92 Å². The first-order valence-corrected chi connectivity index (χ1v) is 9.33. The van der Waals surface area contributed by atoms with Crippen molar-refractivity contribution in [3.8, 4) is 0 Å². The van der Waals surface area contributed by atoms with Crippen LogP contribution in [0.25, 0.3) is 0 Å². The summed E-state index contributed by atoms with van der Waals surface area (Å²) in [5.74, 6) is 0. The highest BCUT2D eigenvalue weighted by Gasteiger charge is 2.35. The standard InChI is InChI=1S/C15H20ClNO4S/c1-10-2-4-12(9-13(10)16)22(18,19)17-11-3-5-14-15(8-11)21-7-6-20-14/h2,4,9,11,14-15,17H,3,5-8H2,1H3/t11-,14-,15+/m1/s1. The van der Waals surface area contributed by atoms with Crippen molar-refractivity contribution in [2.75, 3.05) is 13.2 Å². The van der Waals surface area contributed by atoms with E-state index in [1.165, 1.54) is 6.07 Å². The summed E-state index contributed by atoms with van der Waals surface area (Å²) in [6.45, 7) is 3.04. The molecule has 22 heavy (non-hydrogen) atoms. The second kappa shape index (κ2) is 6.45. The van der Waals surface area contributed by atoms with Gasteiger partial charge in [-0.2, -0.15) is 0 Å². The average molecular weight is 346 g/mol. The van der Waals surface area contributed by atoms with Crippen molar-refractivity contribution in [2.24, 2.45) is 0 Å². The minimum atomic E-state index is -3.57. The Labute approximate surface area is 136 Å². The highest BCUT2D eigenvalue weighted by atomic mass is 35.5. The van der Waals surface area contributed by atoms with E-state index in [4.69, 9.17) is 21.1 Å². The van der Waals surface area contributed by atoms with Gasteiger partial charge in [-0.1, -0.05) is 17.7 Å². The van der Waals surface area contributed by atoms with Crippen molar-refractivity contribution in [2.45, 2.75) is 49.3 Å². The number of benzene rings is 1. The number of halogens is 1. The smallest absolute Gasteiger partial charge is 0.240 e. The molecular weight excluding hydrogens is 326 g/mol.